The van der Waals surface area contributed by atoms with Crippen LogP contribution >= 0.6 is 70.2 Å². The third kappa shape index (κ3) is 15.2. The number of anilines is 3. The van der Waals surface area contributed by atoms with Crippen molar-refractivity contribution in [2.24, 2.45) is 28.7 Å². The smallest absolute Gasteiger partial charge is 0.203 e. The van der Waals surface area contributed by atoms with Gasteiger partial charge in [0.2, 0.25) is 5.78 Å². The van der Waals surface area contributed by atoms with Gasteiger partial charge in [-0.15, -0.1) is 34.0 Å². The number of aliphatic hydroxyl groups is 1. The Balaban J connectivity index is 1.48. The number of Topliss-reactive ketones (excluding diaryl/α,β-unsaturated/α-hetero) is 1. The summed E-state index contributed by atoms with van der Waals surface area (Å²) in [4.78, 5) is 31.5. The van der Waals surface area contributed by atoms with Crippen molar-refractivity contribution in [3.05, 3.63) is 62.4 Å². The first-order valence-electron chi connectivity index (χ1n) is 26.2. The van der Waals surface area contributed by atoms with Crippen LogP contribution in [0.25, 0.3) is 20.2 Å². The van der Waals surface area contributed by atoms with Crippen molar-refractivity contribution in [3.8, 4) is 9.75 Å². The van der Waals surface area contributed by atoms with Gasteiger partial charge in [-0.3, -0.25) is 4.79 Å². The number of aliphatic hydroxyl groups excluding tert-OH is 1. The molecular weight excluding hydrogens is 953 g/mol. The van der Waals surface area contributed by atoms with Gasteiger partial charge < -0.3 is 20.2 Å². The second kappa shape index (κ2) is 28.4. The maximum absolute atomic E-state index is 14.6. The van der Waals surface area contributed by atoms with E-state index in [0.717, 1.165) is 51.4 Å². The number of thiocarbonyl (C=S) groups is 2. The van der Waals surface area contributed by atoms with Gasteiger partial charge in [-0.05, 0) is 99.6 Å². The number of thioether (sulfide) groups is 1. The van der Waals surface area contributed by atoms with Gasteiger partial charge in [0.1, 0.15) is 10.7 Å². The molecule has 0 radical (unpaired) electrons. The zero-order valence-corrected chi connectivity index (χ0v) is 48.0. The molecule has 1 aliphatic heterocycles. The molecule has 2 aliphatic rings. The van der Waals surface area contributed by atoms with Crippen LogP contribution in [0.15, 0.2) is 57.6 Å². The molecule has 68 heavy (non-hydrogen) atoms. The first kappa shape index (κ1) is 56.3. The number of carbonyl (C=O) groups is 1. The first-order chi connectivity index (χ1) is 32.8. The second-order valence-corrected chi connectivity index (χ2v) is 24.6. The molecule has 0 bridgehead atoms. The number of aliphatic imine (C=N–C) groups is 1. The predicted octanol–water partition coefficient (Wildman–Crippen LogP) is 18.5. The lowest BCUT2D eigenvalue weighted by Gasteiger charge is -2.31. The van der Waals surface area contributed by atoms with Gasteiger partial charge in [-0.25, -0.2) is 4.99 Å². The Labute approximate surface area is 438 Å². The summed E-state index contributed by atoms with van der Waals surface area (Å²) >= 11 is 17.8. The summed E-state index contributed by atoms with van der Waals surface area (Å²) in [6.45, 7) is 26.5. The number of thiophene rings is 3. The summed E-state index contributed by atoms with van der Waals surface area (Å²) < 4.78 is 0. The molecule has 4 heterocycles. The average Bonchev–Trinajstić information content (AvgIpc) is 4.16. The molecule has 3 aromatic heterocycles. The zero-order chi connectivity index (χ0) is 49.3. The lowest BCUT2D eigenvalue weighted by Crippen LogP contribution is -2.33. The Morgan fingerprint density at radius 1 is 0.647 bits per heavy atom. The molecule has 1 aliphatic carbocycles. The summed E-state index contributed by atoms with van der Waals surface area (Å²) in [7, 11) is 0. The minimum atomic E-state index is -0.185. The van der Waals surface area contributed by atoms with Crippen molar-refractivity contribution in [1.29, 1.82) is 0 Å². The predicted molar refractivity (Wildman–Crippen MR) is 314 cm³/mol. The highest BCUT2D eigenvalue weighted by Crippen LogP contribution is 2.53. The van der Waals surface area contributed by atoms with Crippen molar-refractivity contribution in [2.75, 3.05) is 41.3 Å². The number of rotatable bonds is 30. The van der Waals surface area contributed by atoms with Crippen molar-refractivity contribution >= 4 is 118 Å². The molecule has 0 aromatic carbocycles. The number of nitrogens with one attached hydrogen (secondary N) is 1. The number of carbonyl (C=O) groups excluding carboxylic acids is 1. The van der Waals surface area contributed by atoms with E-state index in [-0.39, 0.29) is 11.5 Å². The van der Waals surface area contributed by atoms with Gasteiger partial charge in [-0.1, -0.05) is 169 Å². The van der Waals surface area contributed by atoms with E-state index >= 15 is 0 Å². The van der Waals surface area contributed by atoms with Gasteiger partial charge in [0.25, 0.3) is 0 Å². The van der Waals surface area contributed by atoms with Crippen molar-refractivity contribution < 1.29 is 9.90 Å². The van der Waals surface area contributed by atoms with Crippen LogP contribution in [0.5, 0.6) is 0 Å². The van der Waals surface area contributed by atoms with E-state index in [0.29, 0.717) is 60.3 Å². The fourth-order valence-electron chi connectivity index (χ4n) is 9.42. The van der Waals surface area contributed by atoms with E-state index in [1.807, 2.05) is 29.6 Å². The van der Waals surface area contributed by atoms with E-state index in [9.17, 15) is 9.90 Å². The SMILES string of the molecule is CCCCC(CC)CN(CC(CC)CCCC)c1ccc(C2=CC(=NC(C)=S)C(=C3C(=O)C(c4sc(-c5ccc(N(CC(CC)CCCC)CC(CC)CCCC)s5)cc4NC(C)=S)=C3O)S2)s1. The summed E-state index contributed by atoms with van der Waals surface area (Å²) in [6, 6.07) is 11.1. The van der Waals surface area contributed by atoms with Crippen molar-refractivity contribution in [2.45, 2.75) is 172 Å². The quantitative estimate of drug-likeness (QED) is 0.0506. The van der Waals surface area contributed by atoms with Gasteiger partial charge in [0, 0.05) is 45.7 Å². The van der Waals surface area contributed by atoms with E-state index in [2.05, 4.69) is 107 Å². The Morgan fingerprint density at radius 2 is 1.10 bits per heavy atom. The Kier molecular flexibility index (Phi) is 23.5. The molecule has 3 aromatic rings. The highest BCUT2D eigenvalue weighted by atomic mass is 32.2. The van der Waals surface area contributed by atoms with Gasteiger partial charge >= 0.3 is 0 Å². The van der Waals surface area contributed by atoms with Gasteiger partial charge in [-0.2, -0.15) is 0 Å². The number of unbranched alkanes of at least 4 members (excludes halogenated alkanes) is 4. The molecular formula is C56H82N4O2S6. The molecule has 0 saturated heterocycles. The first-order valence-corrected chi connectivity index (χ1v) is 30.2. The minimum absolute atomic E-state index is 0.00202. The van der Waals surface area contributed by atoms with Crippen LogP contribution in [0.2, 0.25) is 0 Å². The fourth-order valence-corrected chi connectivity index (χ4v) is 14.1. The summed E-state index contributed by atoms with van der Waals surface area (Å²) in [5.74, 6) is 2.46. The molecule has 0 fully saturated rings. The third-order valence-corrected chi connectivity index (χ3v) is 19.0. The molecule has 0 amide bonds. The molecule has 12 heteroatoms. The maximum Gasteiger partial charge on any atom is 0.203 e. The van der Waals surface area contributed by atoms with Crippen LogP contribution in [0.1, 0.15) is 182 Å². The highest BCUT2D eigenvalue weighted by Gasteiger charge is 2.42. The number of hydrogen-bond donors (Lipinski definition) is 2. The molecule has 0 spiro atoms. The highest BCUT2D eigenvalue weighted by molar-refractivity contribution is 8.13. The summed E-state index contributed by atoms with van der Waals surface area (Å²) in [6.07, 6.45) is 21.8. The van der Waals surface area contributed by atoms with Crippen LogP contribution in [0, 0.1) is 23.7 Å². The van der Waals surface area contributed by atoms with E-state index in [1.54, 1.807) is 18.3 Å². The van der Waals surface area contributed by atoms with Crippen molar-refractivity contribution in [3.63, 3.8) is 0 Å². The number of ketones is 1. The molecule has 2 N–H and O–H groups in total. The Bertz CT molecular complexity index is 2220. The van der Waals surface area contributed by atoms with Crippen LogP contribution in [0.4, 0.5) is 15.7 Å². The Morgan fingerprint density at radius 3 is 1.51 bits per heavy atom. The van der Waals surface area contributed by atoms with Crippen LogP contribution in [-0.4, -0.2) is 52.8 Å². The third-order valence-electron chi connectivity index (χ3n) is 13.8. The molecule has 5 rings (SSSR count). The molecule has 4 atom stereocenters. The monoisotopic (exact) mass is 1030 g/mol. The minimum Gasteiger partial charge on any atom is -0.506 e. The van der Waals surface area contributed by atoms with E-state index < -0.39 is 0 Å². The van der Waals surface area contributed by atoms with Crippen LogP contribution in [-0.2, 0) is 4.79 Å². The number of nitrogens with zero attached hydrogens (tertiary/aromatic N) is 3. The lowest BCUT2D eigenvalue weighted by atomic mass is 9.85. The van der Waals surface area contributed by atoms with E-state index in [4.69, 9.17) is 29.4 Å². The largest absolute Gasteiger partial charge is 0.506 e. The van der Waals surface area contributed by atoms with Gasteiger partial charge in [0.15, 0.2) is 0 Å². The maximum atomic E-state index is 14.6. The lowest BCUT2D eigenvalue weighted by molar-refractivity contribution is -0.111. The van der Waals surface area contributed by atoms with Crippen LogP contribution < -0.4 is 15.1 Å². The summed E-state index contributed by atoms with van der Waals surface area (Å²) in [5, 5.41) is 18.0. The zero-order valence-electron chi connectivity index (χ0n) is 43.1. The molecule has 0 saturated carbocycles. The van der Waals surface area contributed by atoms with E-state index in [1.165, 1.54) is 124 Å². The standard InChI is InChI=1S/C56H82N4O2S6/c1-11-19-23-39(15-5)33-59(34-40(16-6)24-20-12-2)49-29-27-45(65-49)47-31-43(57-37(9)63)55(67-47)51-53(61)52(54(51)62)56-44(58-38(10)64)32-48(68-56)46-28-30-50(66-46)60(35-41(17-7)25-21-13-3)36-42(18-8)26-22-14-4/h27-32,39-42,61H,11-26,33-36H2,1-10H3,(H,57,63). The molecule has 374 valence electrons. The Hall–Kier alpha value is -2.61. The topological polar surface area (TPSA) is 68.2 Å². The van der Waals surface area contributed by atoms with Crippen LogP contribution in [0.3, 0.4) is 0 Å². The van der Waals surface area contributed by atoms with Crippen molar-refractivity contribution in [1.82, 2.24) is 0 Å². The molecule has 6 nitrogen and oxygen atoms in total. The average molecular weight is 1040 g/mol. The number of allylic oxidation sites excluding steroid dienone is 4. The summed E-state index contributed by atoms with van der Waals surface area (Å²) in [5.41, 5.74) is 2.01. The molecule has 4 unspecified atom stereocenters. The van der Waals surface area contributed by atoms with Gasteiger partial charge in [0.05, 0.1) is 47.3 Å². The normalized spacial score (nSPS) is 17.4. The number of hydrogen-bond acceptors (Lipinski definition) is 10. The second-order valence-electron chi connectivity index (χ2n) is 19.2. The fraction of sp³-hybridized carbons (Fsp3) is 0.607.